The van der Waals surface area contributed by atoms with Crippen molar-refractivity contribution in [1.82, 2.24) is 20.3 Å². The Labute approximate surface area is 140 Å². The predicted octanol–water partition coefficient (Wildman–Crippen LogP) is 2.21. The summed E-state index contributed by atoms with van der Waals surface area (Å²) in [4.78, 5) is 25.8. The molecule has 6 nitrogen and oxygen atoms in total. The zero-order valence-corrected chi connectivity index (χ0v) is 13.4. The van der Waals surface area contributed by atoms with Crippen molar-refractivity contribution in [2.24, 2.45) is 0 Å². The first-order valence-corrected chi connectivity index (χ1v) is 8.50. The fraction of sp³-hybridized carbons (Fsp3) is 0.444. The van der Waals surface area contributed by atoms with Crippen LogP contribution in [0.3, 0.4) is 0 Å². The quantitative estimate of drug-likeness (QED) is 0.936. The van der Waals surface area contributed by atoms with Crippen LogP contribution in [0.25, 0.3) is 11.5 Å². The Hall–Kier alpha value is -2.34. The molecule has 0 unspecified atom stereocenters. The van der Waals surface area contributed by atoms with Gasteiger partial charge in [-0.05, 0) is 44.2 Å². The lowest BCUT2D eigenvalue weighted by Crippen LogP contribution is -2.38. The Morgan fingerprint density at radius 1 is 1.21 bits per heavy atom. The van der Waals surface area contributed by atoms with Crippen molar-refractivity contribution in [2.75, 3.05) is 6.61 Å². The average molecular weight is 324 g/mol. The van der Waals surface area contributed by atoms with Crippen LogP contribution in [-0.2, 0) is 16.0 Å². The number of ether oxygens (including phenoxy) is 1. The lowest BCUT2D eigenvalue weighted by Gasteiger charge is -2.26. The van der Waals surface area contributed by atoms with Crippen molar-refractivity contribution in [3.63, 3.8) is 0 Å². The molecular weight excluding hydrogens is 304 g/mol. The van der Waals surface area contributed by atoms with Crippen molar-refractivity contribution >= 4 is 5.91 Å². The van der Waals surface area contributed by atoms with E-state index in [0.717, 1.165) is 49.1 Å². The molecule has 24 heavy (non-hydrogen) atoms. The minimum absolute atomic E-state index is 0.0147. The lowest BCUT2D eigenvalue weighted by molar-refractivity contribution is -0.130. The number of rotatable bonds is 3. The third-order valence-corrected chi connectivity index (χ3v) is 4.61. The van der Waals surface area contributed by atoms with Crippen LogP contribution in [0.5, 0.6) is 0 Å². The zero-order chi connectivity index (χ0) is 16.4. The molecule has 0 spiro atoms. The minimum Gasteiger partial charge on any atom is -0.368 e. The maximum absolute atomic E-state index is 12.3. The SMILES string of the molecule is O=C(N[C@H]1CCCc2nc(-c3ccccn3)ncc21)[C@@H]1CCCO1. The standard InChI is InChI=1S/C18H20N4O2/c23-18(16-8-4-10-24-16)22-14-7-3-6-13-12(14)11-20-17(21-13)15-5-1-2-9-19-15/h1-2,5,9,11,14,16H,3-4,6-8,10H2,(H,22,23)/t14-,16-/m0/s1. The first kappa shape index (κ1) is 15.2. The molecule has 1 aliphatic heterocycles. The van der Waals surface area contributed by atoms with E-state index >= 15 is 0 Å². The summed E-state index contributed by atoms with van der Waals surface area (Å²) in [6.07, 6.45) is 7.86. The largest absolute Gasteiger partial charge is 0.368 e. The van der Waals surface area contributed by atoms with Gasteiger partial charge in [-0.3, -0.25) is 9.78 Å². The summed E-state index contributed by atoms with van der Waals surface area (Å²) in [6, 6.07) is 5.68. The Kier molecular flexibility index (Phi) is 4.21. The molecule has 4 rings (SSSR count). The first-order chi connectivity index (χ1) is 11.8. The first-order valence-electron chi connectivity index (χ1n) is 8.50. The van der Waals surface area contributed by atoms with Gasteiger partial charge < -0.3 is 10.1 Å². The maximum Gasteiger partial charge on any atom is 0.249 e. The van der Waals surface area contributed by atoms with Gasteiger partial charge in [0, 0.05) is 30.3 Å². The normalized spacial score (nSPS) is 22.8. The van der Waals surface area contributed by atoms with E-state index in [1.807, 2.05) is 24.4 Å². The molecule has 1 saturated heterocycles. The van der Waals surface area contributed by atoms with Gasteiger partial charge in [0.05, 0.1) is 6.04 Å². The second kappa shape index (κ2) is 6.65. The molecule has 0 saturated carbocycles. The number of aromatic nitrogens is 3. The van der Waals surface area contributed by atoms with Crippen molar-refractivity contribution < 1.29 is 9.53 Å². The topological polar surface area (TPSA) is 77.0 Å². The molecule has 2 aliphatic rings. The van der Waals surface area contributed by atoms with Crippen LogP contribution in [0.1, 0.15) is 43.0 Å². The smallest absolute Gasteiger partial charge is 0.249 e. The number of nitrogens with zero attached hydrogens (tertiary/aromatic N) is 3. The second-order valence-corrected chi connectivity index (χ2v) is 6.27. The molecule has 3 heterocycles. The lowest BCUT2D eigenvalue weighted by atomic mass is 9.92. The summed E-state index contributed by atoms with van der Waals surface area (Å²) < 4.78 is 5.47. The fourth-order valence-electron chi connectivity index (χ4n) is 3.36. The van der Waals surface area contributed by atoms with Crippen molar-refractivity contribution in [1.29, 1.82) is 0 Å². The van der Waals surface area contributed by atoms with E-state index in [2.05, 4.69) is 20.3 Å². The highest BCUT2D eigenvalue weighted by Crippen LogP contribution is 2.29. The number of carbonyl (C=O) groups is 1. The number of hydrogen-bond acceptors (Lipinski definition) is 5. The molecule has 0 aromatic carbocycles. The Bertz CT molecular complexity index is 729. The predicted molar refractivity (Wildman–Crippen MR) is 88.1 cm³/mol. The molecule has 1 aliphatic carbocycles. The number of amides is 1. The fourth-order valence-corrected chi connectivity index (χ4v) is 3.36. The summed E-state index contributed by atoms with van der Waals surface area (Å²) in [5.41, 5.74) is 2.80. The molecule has 2 aromatic rings. The number of pyridine rings is 1. The van der Waals surface area contributed by atoms with Crippen LogP contribution in [0.15, 0.2) is 30.6 Å². The van der Waals surface area contributed by atoms with Gasteiger partial charge in [0.15, 0.2) is 5.82 Å². The van der Waals surface area contributed by atoms with E-state index in [-0.39, 0.29) is 18.1 Å². The van der Waals surface area contributed by atoms with E-state index in [0.29, 0.717) is 12.4 Å². The van der Waals surface area contributed by atoms with E-state index < -0.39 is 0 Å². The zero-order valence-electron chi connectivity index (χ0n) is 13.4. The second-order valence-electron chi connectivity index (χ2n) is 6.27. The van der Waals surface area contributed by atoms with Gasteiger partial charge >= 0.3 is 0 Å². The molecule has 1 fully saturated rings. The summed E-state index contributed by atoms with van der Waals surface area (Å²) >= 11 is 0. The molecular formula is C18H20N4O2. The van der Waals surface area contributed by atoms with E-state index in [4.69, 9.17) is 4.74 Å². The monoisotopic (exact) mass is 324 g/mol. The van der Waals surface area contributed by atoms with E-state index in [1.165, 1.54) is 0 Å². The van der Waals surface area contributed by atoms with Gasteiger partial charge in [0.25, 0.3) is 0 Å². The third-order valence-electron chi connectivity index (χ3n) is 4.61. The number of fused-ring (bicyclic) bond motifs is 1. The maximum atomic E-state index is 12.3. The van der Waals surface area contributed by atoms with E-state index in [9.17, 15) is 4.79 Å². The minimum atomic E-state index is -0.302. The number of carbonyl (C=O) groups excluding carboxylic acids is 1. The van der Waals surface area contributed by atoms with E-state index in [1.54, 1.807) is 6.20 Å². The summed E-state index contributed by atoms with van der Waals surface area (Å²) in [6.45, 7) is 0.676. The third kappa shape index (κ3) is 3.01. The highest BCUT2D eigenvalue weighted by molar-refractivity contribution is 5.81. The molecule has 0 radical (unpaired) electrons. The van der Waals surface area contributed by atoms with Gasteiger partial charge in [-0.25, -0.2) is 9.97 Å². The summed E-state index contributed by atoms with van der Waals surface area (Å²) in [7, 11) is 0. The Balaban J connectivity index is 1.55. The number of nitrogens with one attached hydrogen (secondary N) is 1. The van der Waals surface area contributed by atoms with Gasteiger partial charge in [0.1, 0.15) is 11.8 Å². The Morgan fingerprint density at radius 2 is 2.17 bits per heavy atom. The average Bonchev–Trinajstić information content (AvgIpc) is 3.17. The van der Waals surface area contributed by atoms with Gasteiger partial charge in [-0.1, -0.05) is 6.07 Å². The molecule has 1 amide bonds. The Morgan fingerprint density at radius 3 is 2.96 bits per heavy atom. The highest BCUT2D eigenvalue weighted by Gasteiger charge is 2.29. The molecule has 2 atom stereocenters. The number of aryl methyl sites for hydroxylation is 1. The van der Waals surface area contributed by atoms with Crippen molar-refractivity contribution in [3.8, 4) is 11.5 Å². The highest BCUT2D eigenvalue weighted by atomic mass is 16.5. The van der Waals surface area contributed by atoms with Crippen molar-refractivity contribution in [2.45, 2.75) is 44.2 Å². The van der Waals surface area contributed by atoms with Crippen LogP contribution in [0.4, 0.5) is 0 Å². The van der Waals surface area contributed by atoms with Crippen molar-refractivity contribution in [3.05, 3.63) is 41.9 Å². The molecule has 1 N–H and O–H groups in total. The van der Waals surface area contributed by atoms with Crippen LogP contribution in [0.2, 0.25) is 0 Å². The molecule has 6 heteroatoms. The summed E-state index contributed by atoms with van der Waals surface area (Å²) in [5.74, 6) is 0.625. The molecule has 2 aromatic heterocycles. The van der Waals surface area contributed by atoms with Gasteiger partial charge in [0.2, 0.25) is 5.91 Å². The number of hydrogen-bond donors (Lipinski definition) is 1. The summed E-state index contributed by atoms with van der Waals surface area (Å²) in [5, 5.41) is 3.12. The van der Waals surface area contributed by atoms with Gasteiger partial charge in [-0.2, -0.15) is 0 Å². The molecule has 0 bridgehead atoms. The van der Waals surface area contributed by atoms with Gasteiger partial charge in [-0.15, -0.1) is 0 Å². The molecule has 124 valence electrons. The van der Waals surface area contributed by atoms with Crippen LogP contribution >= 0.6 is 0 Å². The van der Waals surface area contributed by atoms with Crippen LogP contribution in [0, 0.1) is 0 Å². The van der Waals surface area contributed by atoms with Crippen LogP contribution < -0.4 is 5.32 Å². The van der Waals surface area contributed by atoms with Crippen LogP contribution in [-0.4, -0.2) is 33.6 Å².